The van der Waals surface area contributed by atoms with Gasteiger partial charge in [0.15, 0.2) is 0 Å². The number of para-hydroxylation sites is 1. The number of aryl methyl sites for hydroxylation is 1. The number of carbonyl (C=O) groups is 1. The summed E-state index contributed by atoms with van der Waals surface area (Å²) in [5.74, 6) is -0.376. The molecule has 0 unspecified atom stereocenters. The van der Waals surface area contributed by atoms with Gasteiger partial charge in [-0.05, 0) is 62.1 Å². The van der Waals surface area contributed by atoms with Gasteiger partial charge in [-0.25, -0.2) is 8.42 Å². The molecule has 3 rings (SSSR count). The van der Waals surface area contributed by atoms with Crippen LogP contribution >= 0.6 is 0 Å². The zero-order valence-corrected chi connectivity index (χ0v) is 17.2. The van der Waals surface area contributed by atoms with E-state index in [1.54, 1.807) is 12.1 Å². The molecule has 6 nitrogen and oxygen atoms in total. The number of carbonyl (C=O) groups excluding carboxylic acids is 1. The minimum absolute atomic E-state index is 0.266. The van der Waals surface area contributed by atoms with E-state index < -0.39 is 10.0 Å². The topological polar surface area (TPSA) is 69.7 Å². The van der Waals surface area contributed by atoms with Gasteiger partial charge in [0.25, 0.3) is 0 Å². The molecule has 7 heteroatoms. The Bertz CT molecular complexity index is 920. The highest BCUT2D eigenvalue weighted by Gasteiger charge is 2.22. The van der Waals surface area contributed by atoms with E-state index in [-0.39, 0.29) is 12.5 Å². The van der Waals surface area contributed by atoms with Crippen molar-refractivity contribution < 1.29 is 13.2 Å². The molecule has 0 spiro atoms. The van der Waals surface area contributed by atoms with Crippen molar-refractivity contribution in [2.24, 2.45) is 0 Å². The summed E-state index contributed by atoms with van der Waals surface area (Å²) in [6.07, 6.45) is 4.81. The van der Waals surface area contributed by atoms with Crippen LogP contribution in [0.4, 0.5) is 17.1 Å². The van der Waals surface area contributed by atoms with Crippen molar-refractivity contribution in [2.75, 3.05) is 40.4 Å². The second-order valence-electron chi connectivity index (χ2n) is 7.20. The van der Waals surface area contributed by atoms with Crippen LogP contribution in [0.5, 0.6) is 0 Å². The van der Waals surface area contributed by atoms with Gasteiger partial charge < -0.3 is 10.2 Å². The lowest BCUT2D eigenvalue weighted by Crippen LogP contribution is -2.37. The van der Waals surface area contributed by atoms with Crippen LogP contribution in [-0.2, 0) is 14.8 Å². The van der Waals surface area contributed by atoms with Gasteiger partial charge in [-0.1, -0.05) is 18.2 Å². The van der Waals surface area contributed by atoms with E-state index in [1.165, 1.54) is 19.3 Å². The highest BCUT2D eigenvalue weighted by atomic mass is 32.2. The summed E-state index contributed by atoms with van der Waals surface area (Å²) in [6.45, 7) is 3.68. The lowest BCUT2D eigenvalue weighted by Gasteiger charge is -2.29. The van der Waals surface area contributed by atoms with E-state index in [2.05, 4.69) is 10.2 Å². The maximum Gasteiger partial charge on any atom is 0.245 e. The lowest BCUT2D eigenvalue weighted by atomic mass is 10.1. The van der Waals surface area contributed by atoms with Gasteiger partial charge in [0.1, 0.15) is 6.54 Å². The van der Waals surface area contributed by atoms with E-state index in [1.807, 2.05) is 43.3 Å². The van der Waals surface area contributed by atoms with E-state index in [4.69, 9.17) is 0 Å². The average Bonchev–Trinajstić information content (AvgIpc) is 2.67. The molecule has 28 heavy (non-hydrogen) atoms. The molecule has 0 radical (unpaired) electrons. The van der Waals surface area contributed by atoms with Gasteiger partial charge in [0.05, 0.1) is 11.9 Å². The van der Waals surface area contributed by atoms with Crippen LogP contribution in [0.25, 0.3) is 0 Å². The molecule has 1 amide bonds. The van der Waals surface area contributed by atoms with Gasteiger partial charge in [0.2, 0.25) is 15.9 Å². The molecule has 1 aliphatic rings. The molecule has 1 N–H and O–H groups in total. The van der Waals surface area contributed by atoms with Gasteiger partial charge in [0, 0.05) is 24.5 Å². The number of sulfonamides is 1. The standard InChI is InChI=1S/C21H27N3O3S/c1-17-8-4-5-9-20(17)24(28(2,26)27)16-21(25)22-18-10-12-19(13-11-18)23-14-6-3-7-15-23/h4-5,8-13H,3,6-7,14-16H2,1-2H3,(H,22,25). The van der Waals surface area contributed by atoms with Crippen molar-refractivity contribution in [3.8, 4) is 0 Å². The molecule has 0 aliphatic carbocycles. The first-order valence-electron chi connectivity index (χ1n) is 9.53. The number of hydrogen-bond acceptors (Lipinski definition) is 4. The summed E-state index contributed by atoms with van der Waals surface area (Å²) in [7, 11) is -3.58. The molecule has 150 valence electrons. The number of nitrogens with zero attached hydrogens (tertiary/aromatic N) is 2. The SMILES string of the molecule is Cc1ccccc1N(CC(=O)Nc1ccc(N2CCCCC2)cc1)S(C)(=O)=O. The van der Waals surface area contributed by atoms with E-state index >= 15 is 0 Å². The fraction of sp³-hybridized carbons (Fsp3) is 0.381. The van der Waals surface area contributed by atoms with Crippen LogP contribution in [0.1, 0.15) is 24.8 Å². The molecular formula is C21H27N3O3S. The highest BCUT2D eigenvalue weighted by Crippen LogP contribution is 2.23. The van der Waals surface area contributed by atoms with Gasteiger partial charge >= 0.3 is 0 Å². The molecule has 2 aromatic rings. The second kappa shape index (κ2) is 8.65. The number of rotatable bonds is 6. The van der Waals surface area contributed by atoms with Crippen molar-refractivity contribution in [2.45, 2.75) is 26.2 Å². The second-order valence-corrected chi connectivity index (χ2v) is 9.11. The quantitative estimate of drug-likeness (QED) is 0.806. The Morgan fingerprint density at radius 1 is 1.04 bits per heavy atom. The maximum atomic E-state index is 12.5. The molecule has 0 atom stereocenters. The zero-order chi connectivity index (χ0) is 20.1. The van der Waals surface area contributed by atoms with Crippen LogP contribution in [0.15, 0.2) is 48.5 Å². The van der Waals surface area contributed by atoms with Crippen molar-refractivity contribution in [3.63, 3.8) is 0 Å². The van der Waals surface area contributed by atoms with Crippen molar-refractivity contribution >= 4 is 33.0 Å². The first-order valence-corrected chi connectivity index (χ1v) is 11.4. The monoisotopic (exact) mass is 401 g/mol. The van der Waals surface area contributed by atoms with Gasteiger partial charge in [-0.15, -0.1) is 0 Å². The minimum Gasteiger partial charge on any atom is -0.372 e. The Balaban J connectivity index is 1.68. The number of anilines is 3. The van der Waals surface area contributed by atoms with Crippen LogP contribution in [0, 0.1) is 6.92 Å². The average molecular weight is 402 g/mol. The van der Waals surface area contributed by atoms with E-state index in [9.17, 15) is 13.2 Å². The summed E-state index contributed by atoms with van der Waals surface area (Å²) in [5.41, 5.74) is 3.12. The third-order valence-corrected chi connectivity index (χ3v) is 6.07. The number of benzene rings is 2. The lowest BCUT2D eigenvalue weighted by molar-refractivity contribution is -0.114. The largest absolute Gasteiger partial charge is 0.372 e. The number of amides is 1. The number of piperidine rings is 1. The summed E-state index contributed by atoms with van der Waals surface area (Å²) in [4.78, 5) is 14.9. The number of hydrogen-bond donors (Lipinski definition) is 1. The van der Waals surface area contributed by atoms with Crippen molar-refractivity contribution in [1.29, 1.82) is 0 Å². The summed E-state index contributed by atoms with van der Waals surface area (Å²) in [6, 6.07) is 14.8. The zero-order valence-electron chi connectivity index (χ0n) is 16.4. The van der Waals surface area contributed by atoms with E-state index in [0.717, 1.165) is 34.9 Å². The Hall–Kier alpha value is -2.54. The Morgan fingerprint density at radius 3 is 2.29 bits per heavy atom. The molecule has 1 heterocycles. The summed E-state index contributed by atoms with van der Waals surface area (Å²) in [5, 5.41) is 2.80. The Kier molecular flexibility index (Phi) is 6.24. The summed E-state index contributed by atoms with van der Waals surface area (Å²) < 4.78 is 25.6. The Morgan fingerprint density at radius 2 is 1.68 bits per heavy atom. The fourth-order valence-corrected chi connectivity index (χ4v) is 4.38. The third kappa shape index (κ3) is 5.04. The summed E-state index contributed by atoms with van der Waals surface area (Å²) >= 11 is 0. The van der Waals surface area contributed by atoms with Crippen LogP contribution in [-0.4, -0.2) is 40.2 Å². The smallest absolute Gasteiger partial charge is 0.245 e. The molecular weight excluding hydrogens is 374 g/mol. The highest BCUT2D eigenvalue weighted by molar-refractivity contribution is 7.92. The molecule has 0 aromatic heterocycles. The van der Waals surface area contributed by atoms with Crippen molar-refractivity contribution in [1.82, 2.24) is 0 Å². The van der Waals surface area contributed by atoms with Crippen LogP contribution in [0.3, 0.4) is 0 Å². The van der Waals surface area contributed by atoms with Crippen LogP contribution in [0.2, 0.25) is 0 Å². The molecule has 1 saturated heterocycles. The first kappa shape index (κ1) is 20.2. The Labute approximate surface area is 167 Å². The molecule has 1 fully saturated rings. The van der Waals surface area contributed by atoms with E-state index in [0.29, 0.717) is 11.4 Å². The molecule has 1 aliphatic heterocycles. The van der Waals surface area contributed by atoms with Gasteiger partial charge in [-0.2, -0.15) is 0 Å². The molecule has 0 bridgehead atoms. The maximum absolute atomic E-state index is 12.5. The number of nitrogens with one attached hydrogen (secondary N) is 1. The molecule has 0 saturated carbocycles. The predicted molar refractivity (Wildman–Crippen MR) is 115 cm³/mol. The fourth-order valence-electron chi connectivity index (χ4n) is 3.46. The minimum atomic E-state index is -3.58. The first-order chi connectivity index (χ1) is 13.3. The third-order valence-electron chi connectivity index (χ3n) is 4.94. The van der Waals surface area contributed by atoms with Crippen LogP contribution < -0.4 is 14.5 Å². The predicted octanol–water partition coefficient (Wildman–Crippen LogP) is 3.39. The van der Waals surface area contributed by atoms with Gasteiger partial charge in [-0.3, -0.25) is 9.10 Å². The van der Waals surface area contributed by atoms with Crippen molar-refractivity contribution in [3.05, 3.63) is 54.1 Å². The normalized spacial score (nSPS) is 14.6. The molecule has 2 aromatic carbocycles.